The first-order valence-corrected chi connectivity index (χ1v) is 5.51. The van der Waals surface area contributed by atoms with Gasteiger partial charge in [0.15, 0.2) is 5.65 Å². The fourth-order valence-electron chi connectivity index (χ4n) is 1.49. The molecule has 6 nitrogen and oxygen atoms in total. The van der Waals surface area contributed by atoms with Crippen LogP contribution in [0.1, 0.15) is 19.3 Å². The fourth-order valence-corrected chi connectivity index (χ4v) is 1.49. The minimum atomic E-state index is 0.172. The number of imidazole rings is 1. The molecule has 90 valence electrons. The minimum Gasteiger partial charge on any atom is -0.476 e. The number of ether oxygens (including phenoxy) is 1. The van der Waals surface area contributed by atoms with E-state index in [1.165, 1.54) is 0 Å². The number of hydrogen-bond acceptors (Lipinski definition) is 5. The molecule has 0 unspecified atom stereocenters. The summed E-state index contributed by atoms with van der Waals surface area (Å²) in [6.07, 6.45) is 6.44. The van der Waals surface area contributed by atoms with E-state index in [0.717, 1.165) is 19.3 Å². The summed E-state index contributed by atoms with van der Waals surface area (Å²) in [5, 5.41) is 0. The van der Waals surface area contributed by atoms with Crippen molar-refractivity contribution in [2.24, 2.45) is 0 Å². The maximum atomic E-state index is 5.57. The third kappa shape index (κ3) is 2.72. The van der Waals surface area contributed by atoms with Crippen LogP contribution in [0.25, 0.3) is 11.2 Å². The smallest absolute Gasteiger partial charge is 0.245 e. The summed E-state index contributed by atoms with van der Waals surface area (Å²) in [5.41, 5.74) is 6.78. The van der Waals surface area contributed by atoms with E-state index in [9.17, 15) is 0 Å². The van der Waals surface area contributed by atoms with Crippen molar-refractivity contribution in [2.75, 3.05) is 12.3 Å². The fraction of sp³-hybridized carbons (Fsp3) is 0.364. The molecule has 0 atom stereocenters. The molecule has 0 aliphatic heterocycles. The van der Waals surface area contributed by atoms with Gasteiger partial charge in [-0.25, -0.2) is 4.98 Å². The molecule has 2 aromatic rings. The predicted octanol–water partition coefficient (Wildman–Crippen LogP) is 1.67. The summed E-state index contributed by atoms with van der Waals surface area (Å²) < 4.78 is 5.57. The van der Waals surface area contributed by atoms with E-state index in [1.54, 1.807) is 6.33 Å². The Labute approximate surface area is 98.9 Å². The largest absolute Gasteiger partial charge is 0.476 e. The minimum absolute atomic E-state index is 0.172. The van der Waals surface area contributed by atoms with Crippen LogP contribution in [-0.4, -0.2) is 26.5 Å². The highest BCUT2D eigenvalue weighted by molar-refractivity contribution is 5.76. The van der Waals surface area contributed by atoms with Crippen LogP contribution in [0.4, 0.5) is 5.95 Å². The van der Waals surface area contributed by atoms with Crippen molar-refractivity contribution in [3.63, 3.8) is 0 Å². The molecular weight excluding hydrogens is 218 g/mol. The first-order chi connectivity index (χ1) is 8.31. The lowest BCUT2D eigenvalue weighted by Gasteiger charge is -2.05. The number of nitrogens with one attached hydrogen (secondary N) is 1. The Morgan fingerprint density at radius 2 is 2.29 bits per heavy atom. The van der Waals surface area contributed by atoms with Gasteiger partial charge in [0.2, 0.25) is 11.8 Å². The summed E-state index contributed by atoms with van der Waals surface area (Å²) in [4.78, 5) is 15.0. The van der Waals surface area contributed by atoms with Gasteiger partial charge in [0.25, 0.3) is 0 Å². The lowest BCUT2D eigenvalue weighted by atomic mass is 10.2. The third-order valence-electron chi connectivity index (χ3n) is 2.31. The first kappa shape index (κ1) is 11.4. The SMILES string of the molecule is C=CCCCCOc1nc(N)nc2nc[nH]c12. The number of allylic oxidation sites excluding steroid dienone is 1. The van der Waals surface area contributed by atoms with Crippen LogP contribution in [-0.2, 0) is 0 Å². The van der Waals surface area contributed by atoms with E-state index in [-0.39, 0.29) is 5.95 Å². The Kier molecular flexibility index (Phi) is 3.54. The second-order valence-electron chi connectivity index (χ2n) is 3.62. The molecule has 0 fully saturated rings. The zero-order valence-electron chi connectivity index (χ0n) is 9.52. The molecule has 0 saturated heterocycles. The summed E-state index contributed by atoms with van der Waals surface area (Å²) in [7, 11) is 0. The van der Waals surface area contributed by atoms with E-state index in [0.29, 0.717) is 23.7 Å². The van der Waals surface area contributed by atoms with Crippen LogP contribution in [0.15, 0.2) is 19.0 Å². The topological polar surface area (TPSA) is 89.7 Å². The maximum absolute atomic E-state index is 5.57. The van der Waals surface area contributed by atoms with E-state index < -0.39 is 0 Å². The lowest BCUT2D eigenvalue weighted by molar-refractivity contribution is 0.299. The second kappa shape index (κ2) is 5.29. The zero-order valence-corrected chi connectivity index (χ0v) is 9.52. The molecule has 0 spiro atoms. The predicted molar refractivity (Wildman–Crippen MR) is 65.6 cm³/mol. The molecule has 0 aliphatic carbocycles. The Morgan fingerprint density at radius 1 is 1.41 bits per heavy atom. The van der Waals surface area contributed by atoms with Gasteiger partial charge in [0.1, 0.15) is 5.52 Å². The Hall–Kier alpha value is -2.11. The number of nitrogen functional groups attached to an aromatic ring is 1. The van der Waals surface area contributed by atoms with Gasteiger partial charge < -0.3 is 15.5 Å². The number of nitrogens with two attached hydrogens (primary N) is 1. The van der Waals surface area contributed by atoms with Gasteiger partial charge in [-0.15, -0.1) is 6.58 Å². The van der Waals surface area contributed by atoms with Crippen LogP contribution >= 0.6 is 0 Å². The summed E-state index contributed by atoms with van der Waals surface area (Å²) in [6, 6.07) is 0. The van der Waals surface area contributed by atoms with Crippen LogP contribution in [0.2, 0.25) is 0 Å². The van der Waals surface area contributed by atoms with Crippen molar-refractivity contribution in [3.8, 4) is 5.88 Å². The lowest BCUT2D eigenvalue weighted by Crippen LogP contribution is -2.03. The molecule has 0 radical (unpaired) electrons. The molecule has 3 N–H and O–H groups in total. The van der Waals surface area contributed by atoms with Gasteiger partial charge in [0.05, 0.1) is 12.9 Å². The molecule has 17 heavy (non-hydrogen) atoms. The highest BCUT2D eigenvalue weighted by atomic mass is 16.5. The van der Waals surface area contributed by atoms with Crippen LogP contribution < -0.4 is 10.5 Å². The molecule has 2 rings (SSSR count). The average Bonchev–Trinajstić information content (AvgIpc) is 2.76. The number of H-pyrrole nitrogens is 1. The van der Waals surface area contributed by atoms with Gasteiger partial charge in [-0.2, -0.15) is 9.97 Å². The quantitative estimate of drug-likeness (QED) is 0.585. The van der Waals surface area contributed by atoms with Crippen molar-refractivity contribution in [1.82, 2.24) is 19.9 Å². The zero-order chi connectivity index (χ0) is 12.1. The number of anilines is 1. The molecule has 2 aromatic heterocycles. The van der Waals surface area contributed by atoms with Gasteiger partial charge in [-0.05, 0) is 19.3 Å². The van der Waals surface area contributed by atoms with E-state index in [4.69, 9.17) is 10.5 Å². The maximum Gasteiger partial charge on any atom is 0.245 e. The monoisotopic (exact) mass is 233 g/mol. The molecule has 0 aromatic carbocycles. The number of hydrogen-bond donors (Lipinski definition) is 2. The molecule has 0 saturated carbocycles. The Balaban J connectivity index is 2.02. The van der Waals surface area contributed by atoms with E-state index >= 15 is 0 Å². The van der Waals surface area contributed by atoms with E-state index in [2.05, 4.69) is 26.5 Å². The number of fused-ring (bicyclic) bond motifs is 1. The summed E-state index contributed by atoms with van der Waals surface area (Å²) in [6.45, 7) is 4.27. The Bertz CT molecular complexity index is 508. The van der Waals surface area contributed by atoms with Crippen molar-refractivity contribution in [1.29, 1.82) is 0 Å². The summed E-state index contributed by atoms with van der Waals surface area (Å²) >= 11 is 0. The van der Waals surface area contributed by atoms with Gasteiger partial charge in [-0.1, -0.05) is 6.08 Å². The first-order valence-electron chi connectivity index (χ1n) is 5.51. The number of unbranched alkanes of at least 4 members (excludes halogenated alkanes) is 2. The number of aromatic amines is 1. The van der Waals surface area contributed by atoms with Crippen molar-refractivity contribution in [2.45, 2.75) is 19.3 Å². The van der Waals surface area contributed by atoms with Gasteiger partial charge in [0, 0.05) is 0 Å². The highest BCUT2D eigenvalue weighted by Gasteiger charge is 2.09. The van der Waals surface area contributed by atoms with E-state index in [1.807, 2.05) is 6.08 Å². The highest BCUT2D eigenvalue weighted by Crippen LogP contribution is 2.19. The standard InChI is InChI=1S/C11H15N5O/c1-2-3-4-5-6-17-10-8-9(14-7-13-8)15-11(12)16-10/h2,7H,1,3-6H2,(H3,12,13,14,15,16). The molecule has 0 amide bonds. The third-order valence-corrected chi connectivity index (χ3v) is 2.31. The molecule has 0 aliphatic rings. The van der Waals surface area contributed by atoms with Gasteiger partial charge >= 0.3 is 0 Å². The van der Waals surface area contributed by atoms with Crippen molar-refractivity contribution < 1.29 is 4.74 Å². The number of aromatic nitrogens is 4. The average molecular weight is 233 g/mol. The molecule has 0 bridgehead atoms. The number of nitrogens with zero attached hydrogens (tertiary/aromatic N) is 3. The molecule has 2 heterocycles. The van der Waals surface area contributed by atoms with Crippen LogP contribution in [0.3, 0.4) is 0 Å². The Morgan fingerprint density at radius 3 is 3.12 bits per heavy atom. The van der Waals surface area contributed by atoms with Crippen LogP contribution in [0.5, 0.6) is 5.88 Å². The van der Waals surface area contributed by atoms with Gasteiger partial charge in [-0.3, -0.25) is 0 Å². The number of rotatable bonds is 6. The normalized spacial score (nSPS) is 10.6. The molecule has 6 heteroatoms. The van der Waals surface area contributed by atoms with Crippen molar-refractivity contribution in [3.05, 3.63) is 19.0 Å². The summed E-state index contributed by atoms with van der Waals surface area (Å²) in [5.74, 6) is 0.634. The van der Waals surface area contributed by atoms with Crippen molar-refractivity contribution >= 4 is 17.1 Å². The molecular formula is C11H15N5O. The second-order valence-corrected chi connectivity index (χ2v) is 3.62. The van der Waals surface area contributed by atoms with Crippen LogP contribution in [0, 0.1) is 0 Å².